The van der Waals surface area contributed by atoms with Crippen molar-refractivity contribution in [3.63, 3.8) is 0 Å². The molecule has 1 N–H and O–H groups in total. The number of hydrogen-bond donors (Lipinski definition) is 1. The number of amides is 1. The molecule has 1 aliphatic rings. The Morgan fingerprint density at radius 3 is 2.65 bits per heavy atom. The smallest absolute Gasteiger partial charge is 0.290 e. The van der Waals surface area contributed by atoms with Gasteiger partial charge in [0.05, 0.1) is 25.3 Å². The maximum absolute atomic E-state index is 13.8. The number of aliphatic hydroxyl groups is 1. The van der Waals surface area contributed by atoms with Crippen LogP contribution in [-0.2, 0) is 11.3 Å². The summed E-state index contributed by atoms with van der Waals surface area (Å²) in [5.74, 6) is -0.650. The molecular formula is C29H26N2O6. The summed E-state index contributed by atoms with van der Waals surface area (Å²) in [6.45, 7) is 2.75. The first-order chi connectivity index (χ1) is 18.0. The van der Waals surface area contributed by atoms with E-state index >= 15 is 0 Å². The van der Waals surface area contributed by atoms with Gasteiger partial charge in [0.1, 0.15) is 5.75 Å². The van der Waals surface area contributed by atoms with E-state index in [1.54, 1.807) is 67.0 Å². The van der Waals surface area contributed by atoms with Gasteiger partial charge in [-0.25, -0.2) is 0 Å². The zero-order valence-electron chi connectivity index (χ0n) is 20.5. The number of carbonyl (C=O) groups excluding carboxylic acids is 2. The zero-order chi connectivity index (χ0) is 25.9. The van der Waals surface area contributed by atoms with Gasteiger partial charge in [-0.15, -0.1) is 0 Å². The molecule has 2 aromatic heterocycles. The maximum Gasteiger partial charge on any atom is 0.290 e. The van der Waals surface area contributed by atoms with Crippen LogP contribution in [0.15, 0.2) is 88.8 Å². The summed E-state index contributed by atoms with van der Waals surface area (Å²) in [5.41, 5.74) is 1.79. The molecule has 0 saturated heterocycles. The summed E-state index contributed by atoms with van der Waals surface area (Å²) in [6, 6.07) is 16.9. The molecule has 0 spiro atoms. The predicted octanol–water partition coefficient (Wildman–Crippen LogP) is 5.40. The summed E-state index contributed by atoms with van der Waals surface area (Å²) >= 11 is 0. The van der Waals surface area contributed by atoms with E-state index in [1.165, 1.54) is 12.0 Å². The van der Waals surface area contributed by atoms with Crippen molar-refractivity contribution in [1.82, 2.24) is 9.88 Å². The van der Waals surface area contributed by atoms with E-state index in [0.717, 1.165) is 12.0 Å². The molecule has 37 heavy (non-hydrogen) atoms. The van der Waals surface area contributed by atoms with Crippen LogP contribution in [0.4, 0.5) is 0 Å². The minimum absolute atomic E-state index is 0.00461. The monoisotopic (exact) mass is 498 g/mol. The highest BCUT2D eigenvalue weighted by atomic mass is 16.5. The van der Waals surface area contributed by atoms with Crippen LogP contribution in [0.1, 0.15) is 41.1 Å². The lowest BCUT2D eigenvalue weighted by atomic mass is 9.94. The van der Waals surface area contributed by atoms with E-state index in [-0.39, 0.29) is 17.9 Å². The molecule has 8 nitrogen and oxygen atoms in total. The Kier molecular flexibility index (Phi) is 6.64. The van der Waals surface area contributed by atoms with E-state index in [0.29, 0.717) is 34.6 Å². The molecule has 2 aromatic carbocycles. The van der Waals surface area contributed by atoms with Crippen molar-refractivity contribution in [2.24, 2.45) is 0 Å². The molecule has 1 aliphatic heterocycles. The average Bonchev–Trinajstić information content (AvgIpc) is 3.47. The fourth-order valence-electron chi connectivity index (χ4n) is 4.49. The first-order valence-corrected chi connectivity index (χ1v) is 12.0. The van der Waals surface area contributed by atoms with Crippen LogP contribution in [0.2, 0.25) is 0 Å². The Bertz CT molecular complexity index is 1470. The van der Waals surface area contributed by atoms with E-state index in [2.05, 4.69) is 4.98 Å². The normalized spacial score (nSPS) is 15.5. The zero-order valence-corrected chi connectivity index (χ0v) is 20.5. The predicted molar refractivity (Wildman–Crippen MR) is 137 cm³/mol. The number of para-hydroxylation sites is 1. The molecule has 8 heteroatoms. The van der Waals surface area contributed by atoms with Gasteiger partial charge in [-0.2, -0.15) is 0 Å². The van der Waals surface area contributed by atoms with Crippen LogP contribution in [0.25, 0.3) is 11.0 Å². The molecule has 0 aliphatic carbocycles. The first kappa shape index (κ1) is 24.1. The molecule has 5 rings (SSSR count). The number of aromatic nitrogens is 1. The Balaban J connectivity index is 1.57. The standard InChI is InChI=1S/C29H26N2O6/c1-3-14-36-21-11-9-19(10-12-21)25-24(27(33)29(34)31(25)17-18-6-5-13-30-16-18)26(32)23-15-20-7-4-8-22(35-2)28(20)37-23/h4-13,15-16,25,33H,3,14,17H2,1-2H3. The van der Waals surface area contributed by atoms with Crippen LogP contribution >= 0.6 is 0 Å². The Labute approximate surface area is 213 Å². The van der Waals surface area contributed by atoms with Crippen molar-refractivity contribution in [3.8, 4) is 11.5 Å². The lowest BCUT2D eigenvalue weighted by Gasteiger charge is -2.26. The number of benzene rings is 2. The lowest BCUT2D eigenvalue weighted by Crippen LogP contribution is -2.30. The van der Waals surface area contributed by atoms with Gasteiger partial charge in [-0.05, 0) is 47.9 Å². The molecule has 0 fully saturated rings. The molecule has 4 aromatic rings. The van der Waals surface area contributed by atoms with Crippen LogP contribution < -0.4 is 9.47 Å². The Hall–Kier alpha value is -4.59. The number of rotatable bonds is 9. The molecule has 1 amide bonds. The summed E-state index contributed by atoms with van der Waals surface area (Å²) < 4.78 is 16.9. The van der Waals surface area contributed by atoms with E-state index in [1.807, 2.05) is 13.0 Å². The molecule has 188 valence electrons. The quantitative estimate of drug-likeness (QED) is 0.308. The minimum Gasteiger partial charge on any atom is -0.503 e. The number of Topliss-reactive ketones (excluding diaryl/α,β-unsaturated/α-hetero) is 1. The van der Waals surface area contributed by atoms with Crippen LogP contribution in [-0.4, -0.2) is 40.4 Å². The van der Waals surface area contributed by atoms with E-state index < -0.39 is 23.5 Å². The number of furan rings is 1. The van der Waals surface area contributed by atoms with Gasteiger partial charge in [0.2, 0.25) is 5.78 Å². The van der Waals surface area contributed by atoms with Gasteiger partial charge in [0, 0.05) is 24.3 Å². The van der Waals surface area contributed by atoms with Crippen LogP contribution in [0.5, 0.6) is 11.5 Å². The van der Waals surface area contributed by atoms with Crippen LogP contribution in [0.3, 0.4) is 0 Å². The third-order valence-electron chi connectivity index (χ3n) is 6.24. The van der Waals surface area contributed by atoms with E-state index in [9.17, 15) is 14.7 Å². The summed E-state index contributed by atoms with van der Waals surface area (Å²) in [7, 11) is 1.52. The van der Waals surface area contributed by atoms with Crippen molar-refractivity contribution >= 4 is 22.7 Å². The summed E-state index contributed by atoms with van der Waals surface area (Å²) in [5, 5.41) is 11.7. The van der Waals surface area contributed by atoms with Crippen molar-refractivity contribution in [1.29, 1.82) is 0 Å². The molecular weight excluding hydrogens is 472 g/mol. The Morgan fingerprint density at radius 2 is 1.95 bits per heavy atom. The lowest BCUT2D eigenvalue weighted by molar-refractivity contribution is -0.130. The summed E-state index contributed by atoms with van der Waals surface area (Å²) in [4.78, 5) is 32.7. The van der Waals surface area contributed by atoms with Gasteiger partial charge >= 0.3 is 0 Å². The molecule has 0 bridgehead atoms. The first-order valence-electron chi connectivity index (χ1n) is 12.0. The highest BCUT2D eigenvalue weighted by Gasteiger charge is 2.44. The second-order valence-electron chi connectivity index (χ2n) is 8.70. The Morgan fingerprint density at radius 1 is 1.14 bits per heavy atom. The van der Waals surface area contributed by atoms with Gasteiger partial charge in [-0.1, -0.05) is 37.3 Å². The molecule has 1 unspecified atom stereocenters. The number of ether oxygens (including phenoxy) is 2. The fraction of sp³-hybridized carbons (Fsp3) is 0.207. The van der Waals surface area contributed by atoms with Crippen molar-refractivity contribution in [2.75, 3.05) is 13.7 Å². The number of methoxy groups -OCH3 is 1. The highest BCUT2D eigenvalue weighted by molar-refractivity contribution is 6.16. The minimum atomic E-state index is -0.837. The SMILES string of the molecule is CCCOc1ccc(C2C(C(=O)c3cc4cccc(OC)c4o3)=C(O)C(=O)N2Cc2cccnc2)cc1. The largest absolute Gasteiger partial charge is 0.503 e. The third-order valence-corrected chi connectivity index (χ3v) is 6.24. The second kappa shape index (κ2) is 10.2. The molecule has 0 saturated carbocycles. The van der Waals surface area contributed by atoms with Gasteiger partial charge in [-0.3, -0.25) is 14.6 Å². The fourth-order valence-corrected chi connectivity index (χ4v) is 4.49. The topological polar surface area (TPSA) is 102 Å². The summed E-state index contributed by atoms with van der Waals surface area (Å²) in [6.07, 6.45) is 4.16. The van der Waals surface area contributed by atoms with Gasteiger partial charge < -0.3 is 23.9 Å². The third kappa shape index (κ3) is 4.53. The second-order valence-corrected chi connectivity index (χ2v) is 8.70. The van der Waals surface area contributed by atoms with Crippen molar-refractivity contribution in [2.45, 2.75) is 25.9 Å². The number of nitrogens with zero attached hydrogens (tertiary/aromatic N) is 2. The van der Waals surface area contributed by atoms with Crippen LogP contribution in [0, 0.1) is 0 Å². The van der Waals surface area contributed by atoms with Crippen molar-refractivity contribution < 1.29 is 28.6 Å². The number of carbonyl (C=O) groups is 2. The number of hydrogen-bond acceptors (Lipinski definition) is 7. The van der Waals surface area contributed by atoms with Gasteiger partial charge in [0.25, 0.3) is 5.91 Å². The number of aliphatic hydroxyl groups excluding tert-OH is 1. The van der Waals surface area contributed by atoms with E-state index in [4.69, 9.17) is 13.9 Å². The molecule has 1 atom stereocenters. The number of pyridine rings is 1. The molecule has 0 radical (unpaired) electrons. The molecule has 3 heterocycles. The van der Waals surface area contributed by atoms with Gasteiger partial charge in [0.15, 0.2) is 22.9 Å². The average molecular weight is 499 g/mol. The highest BCUT2D eigenvalue weighted by Crippen LogP contribution is 2.41. The number of ketones is 1. The number of fused-ring (bicyclic) bond motifs is 1. The maximum atomic E-state index is 13.8. The van der Waals surface area contributed by atoms with Crippen molar-refractivity contribution in [3.05, 3.63) is 101 Å².